The van der Waals surface area contributed by atoms with Crippen molar-refractivity contribution in [1.29, 1.82) is 0 Å². The number of ketones is 1. The van der Waals surface area contributed by atoms with Crippen molar-refractivity contribution in [2.45, 2.75) is 25.9 Å². The second kappa shape index (κ2) is 8.56. The molecule has 0 saturated heterocycles. The van der Waals surface area contributed by atoms with Gasteiger partial charge in [-0.25, -0.2) is 0 Å². The first-order chi connectivity index (χ1) is 13.5. The summed E-state index contributed by atoms with van der Waals surface area (Å²) in [7, 11) is 0. The summed E-state index contributed by atoms with van der Waals surface area (Å²) >= 11 is 0. The summed E-state index contributed by atoms with van der Waals surface area (Å²) in [5, 5.41) is 0. The van der Waals surface area contributed by atoms with Crippen LogP contribution in [0.15, 0.2) is 48.5 Å². The van der Waals surface area contributed by atoms with Crippen LogP contribution in [-0.2, 0) is 9.59 Å². The van der Waals surface area contributed by atoms with E-state index in [9.17, 15) is 14.4 Å². The molecular weight excluding hydrogens is 360 g/mol. The minimum atomic E-state index is -0.866. The molecule has 0 bridgehead atoms. The minimum Gasteiger partial charge on any atom is -0.494 e. The first-order valence-corrected chi connectivity index (χ1v) is 9.05. The number of carbonyl (C=O) groups is 3. The molecule has 1 aliphatic rings. The fourth-order valence-electron chi connectivity index (χ4n) is 2.95. The maximum Gasteiger partial charge on any atom is 0.260 e. The van der Waals surface area contributed by atoms with Crippen LogP contribution in [0, 0.1) is 0 Å². The van der Waals surface area contributed by atoms with Crippen molar-refractivity contribution in [3.63, 3.8) is 0 Å². The zero-order valence-corrected chi connectivity index (χ0v) is 15.6. The van der Waals surface area contributed by atoms with Crippen LogP contribution in [0.25, 0.3) is 0 Å². The molecule has 0 spiro atoms. The van der Waals surface area contributed by atoms with Gasteiger partial charge in [0.25, 0.3) is 5.91 Å². The molecule has 2 aromatic rings. The summed E-state index contributed by atoms with van der Waals surface area (Å²) in [6, 6.07) is 13.9. The van der Waals surface area contributed by atoms with Gasteiger partial charge in [0.1, 0.15) is 11.5 Å². The van der Waals surface area contributed by atoms with Crippen LogP contribution in [0.2, 0.25) is 0 Å². The smallest absolute Gasteiger partial charge is 0.260 e. The molecule has 0 aliphatic carbocycles. The SMILES string of the molecule is CC(=O)c1ccc(OCCCC(=O)N2C[C@@H](C(N)=O)Oc3ccccc32)cc1. The van der Waals surface area contributed by atoms with Gasteiger partial charge in [0, 0.05) is 12.0 Å². The van der Waals surface area contributed by atoms with E-state index in [1.807, 2.05) is 0 Å². The lowest BCUT2D eigenvalue weighted by Gasteiger charge is -2.33. The third-order valence-corrected chi connectivity index (χ3v) is 4.46. The molecule has 0 saturated carbocycles. The Morgan fingerprint density at radius 2 is 1.86 bits per heavy atom. The molecule has 2 aromatic carbocycles. The molecule has 0 aromatic heterocycles. The monoisotopic (exact) mass is 382 g/mol. The lowest BCUT2D eigenvalue weighted by Crippen LogP contribution is -2.49. The number of primary amides is 1. The van der Waals surface area contributed by atoms with Crippen molar-refractivity contribution < 1.29 is 23.9 Å². The van der Waals surface area contributed by atoms with Crippen LogP contribution in [0.4, 0.5) is 5.69 Å². The summed E-state index contributed by atoms with van der Waals surface area (Å²) in [4.78, 5) is 37.0. The van der Waals surface area contributed by atoms with Gasteiger partial charge in [0.2, 0.25) is 5.91 Å². The number of Topliss-reactive ketones (excluding diaryl/α,β-unsaturated/α-hetero) is 1. The van der Waals surface area contributed by atoms with Crippen LogP contribution in [0.3, 0.4) is 0 Å². The van der Waals surface area contributed by atoms with Crippen molar-refractivity contribution in [3.05, 3.63) is 54.1 Å². The maximum atomic E-state index is 12.7. The molecule has 1 heterocycles. The van der Waals surface area contributed by atoms with Gasteiger partial charge < -0.3 is 20.1 Å². The zero-order chi connectivity index (χ0) is 20.1. The highest BCUT2D eigenvalue weighted by atomic mass is 16.5. The van der Waals surface area contributed by atoms with Crippen molar-refractivity contribution >= 4 is 23.3 Å². The van der Waals surface area contributed by atoms with E-state index in [2.05, 4.69) is 0 Å². The fraction of sp³-hybridized carbons (Fsp3) is 0.286. The molecule has 146 valence electrons. The summed E-state index contributed by atoms with van der Waals surface area (Å²) in [5.41, 5.74) is 6.61. The molecular formula is C21H22N2O5. The van der Waals surface area contributed by atoms with Gasteiger partial charge in [-0.05, 0) is 49.7 Å². The Morgan fingerprint density at radius 1 is 1.14 bits per heavy atom. The van der Waals surface area contributed by atoms with Crippen LogP contribution in [0.1, 0.15) is 30.1 Å². The summed E-state index contributed by atoms with van der Waals surface area (Å²) in [6.45, 7) is 1.96. The molecule has 2 amide bonds. The summed E-state index contributed by atoms with van der Waals surface area (Å²) < 4.78 is 11.2. The maximum absolute atomic E-state index is 12.7. The molecule has 3 rings (SSSR count). The fourth-order valence-corrected chi connectivity index (χ4v) is 2.95. The molecule has 0 unspecified atom stereocenters. The van der Waals surface area contributed by atoms with Gasteiger partial charge in [-0.15, -0.1) is 0 Å². The van der Waals surface area contributed by atoms with Gasteiger partial charge in [0.15, 0.2) is 11.9 Å². The quantitative estimate of drug-likeness (QED) is 0.585. The third kappa shape index (κ3) is 4.49. The van der Waals surface area contributed by atoms with Crippen molar-refractivity contribution in [3.8, 4) is 11.5 Å². The Balaban J connectivity index is 1.55. The van der Waals surface area contributed by atoms with E-state index < -0.39 is 12.0 Å². The highest BCUT2D eigenvalue weighted by Gasteiger charge is 2.32. The summed E-state index contributed by atoms with van der Waals surface area (Å²) in [6.07, 6.45) is -0.103. The topological polar surface area (TPSA) is 98.9 Å². The Morgan fingerprint density at radius 3 is 2.54 bits per heavy atom. The molecule has 0 fully saturated rings. The van der Waals surface area contributed by atoms with E-state index in [0.717, 1.165) is 0 Å². The number of nitrogens with two attached hydrogens (primary N) is 1. The number of para-hydroxylation sites is 2. The van der Waals surface area contributed by atoms with Crippen LogP contribution < -0.4 is 20.1 Å². The number of benzene rings is 2. The number of anilines is 1. The predicted molar refractivity (Wildman–Crippen MR) is 104 cm³/mol. The zero-order valence-electron chi connectivity index (χ0n) is 15.6. The molecule has 7 heteroatoms. The number of ether oxygens (including phenoxy) is 2. The van der Waals surface area contributed by atoms with E-state index in [0.29, 0.717) is 35.8 Å². The van der Waals surface area contributed by atoms with Crippen molar-refractivity contribution in [2.75, 3.05) is 18.1 Å². The average Bonchev–Trinajstić information content (AvgIpc) is 2.70. The lowest BCUT2D eigenvalue weighted by molar-refractivity contribution is -0.125. The van der Waals surface area contributed by atoms with Crippen molar-refractivity contribution in [1.82, 2.24) is 0 Å². The van der Waals surface area contributed by atoms with E-state index in [4.69, 9.17) is 15.2 Å². The van der Waals surface area contributed by atoms with Crippen LogP contribution in [-0.4, -0.2) is 36.9 Å². The second-order valence-corrected chi connectivity index (χ2v) is 6.51. The number of fused-ring (bicyclic) bond motifs is 1. The van der Waals surface area contributed by atoms with Crippen LogP contribution >= 0.6 is 0 Å². The van der Waals surface area contributed by atoms with Gasteiger partial charge in [-0.1, -0.05) is 12.1 Å². The number of hydrogen-bond donors (Lipinski definition) is 1. The Labute approximate surface area is 163 Å². The highest BCUT2D eigenvalue weighted by Crippen LogP contribution is 2.33. The molecule has 2 N–H and O–H groups in total. The van der Waals surface area contributed by atoms with Gasteiger partial charge in [-0.3, -0.25) is 14.4 Å². The second-order valence-electron chi connectivity index (χ2n) is 6.51. The number of nitrogens with zero attached hydrogens (tertiary/aromatic N) is 1. The van der Waals surface area contributed by atoms with E-state index in [1.165, 1.54) is 11.8 Å². The number of rotatable bonds is 7. The van der Waals surface area contributed by atoms with Gasteiger partial charge in [0.05, 0.1) is 18.8 Å². The van der Waals surface area contributed by atoms with Gasteiger partial charge >= 0.3 is 0 Å². The Bertz CT molecular complexity index is 879. The normalized spacial score (nSPS) is 15.3. The Kier molecular flexibility index (Phi) is 5.93. The van der Waals surface area contributed by atoms with E-state index in [-0.39, 0.29) is 24.7 Å². The number of amides is 2. The predicted octanol–water partition coefficient (Wildman–Crippen LogP) is 2.33. The minimum absolute atomic E-state index is 0.00259. The van der Waals surface area contributed by atoms with Crippen LogP contribution in [0.5, 0.6) is 11.5 Å². The molecule has 1 atom stereocenters. The first-order valence-electron chi connectivity index (χ1n) is 9.05. The largest absolute Gasteiger partial charge is 0.494 e. The molecule has 0 radical (unpaired) electrons. The van der Waals surface area contributed by atoms with E-state index >= 15 is 0 Å². The number of carbonyl (C=O) groups excluding carboxylic acids is 3. The van der Waals surface area contributed by atoms with Gasteiger partial charge in [-0.2, -0.15) is 0 Å². The molecule has 1 aliphatic heterocycles. The first kappa shape index (κ1) is 19.4. The lowest BCUT2D eigenvalue weighted by atomic mass is 10.1. The van der Waals surface area contributed by atoms with E-state index in [1.54, 1.807) is 48.5 Å². The average molecular weight is 382 g/mol. The molecule has 28 heavy (non-hydrogen) atoms. The van der Waals surface area contributed by atoms with Crippen molar-refractivity contribution in [2.24, 2.45) is 5.73 Å². The third-order valence-electron chi connectivity index (χ3n) is 4.46. The highest BCUT2D eigenvalue weighted by molar-refractivity contribution is 5.97. The Hall–Kier alpha value is -3.35. The number of hydrogen-bond acceptors (Lipinski definition) is 5. The standard InChI is InChI=1S/C21H22N2O5/c1-14(24)15-8-10-16(11-9-15)27-12-4-7-20(25)23-13-19(21(22)26)28-18-6-3-2-5-17(18)23/h2-3,5-6,8-11,19H,4,7,12-13H2,1H3,(H2,22,26)/t19-/m0/s1. The summed E-state index contributed by atoms with van der Waals surface area (Å²) in [5.74, 6) is 0.370. The molecule has 7 nitrogen and oxygen atoms in total.